The third-order valence-electron chi connectivity index (χ3n) is 4.93. The molecule has 3 rings (SSSR count). The molecule has 0 aromatic heterocycles. The van der Waals surface area contributed by atoms with Gasteiger partial charge in [-0.3, -0.25) is 9.59 Å². The van der Waals surface area contributed by atoms with E-state index < -0.39 is 5.41 Å². The van der Waals surface area contributed by atoms with E-state index in [1.165, 1.54) is 0 Å². The molecule has 1 aliphatic carbocycles. The van der Waals surface area contributed by atoms with E-state index in [0.717, 1.165) is 22.4 Å². The van der Waals surface area contributed by atoms with Crippen LogP contribution in [-0.4, -0.2) is 18.9 Å². The summed E-state index contributed by atoms with van der Waals surface area (Å²) in [5.74, 6) is 0.387. The van der Waals surface area contributed by atoms with E-state index in [9.17, 15) is 9.59 Å². The summed E-state index contributed by atoms with van der Waals surface area (Å²) in [4.78, 5) is 25.1. The van der Waals surface area contributed by atoms with Crippen molar-refractivity contribution in [1.29, 1.82) is 0 Å². The lowest BCUT2D eigenvalue weighted by molar-refractivity contribution is -0.137. The molecule has 1 aliphatic rings. The summed E-state index contributed by atoms with van der Waals surface area (Å²) in [7, 11) is 1.61. The molecule has 26 heavy (non-hydrogen) atoms. The third-order valence-corrected chi connectivity index (χ3v) is 4.93. The standard InChI is InChI=1S/C21H24N2O3/c1-15-5-3-4-6-17(15)14-23-20(25)21(11-12-21)19(24)22-13-16-7-9-18(26-2)10-8-16/h3-10H,11-14H2,1-2H3,(H,22,24)(H,23,25). The smallest absolute Gasteiger partial charge is 0.235 e. The topological polar surface area (TPSA) is 67.4 Å². The maximum atomic E-state index is 12.6. The molecule has 0 unspecified atom stereocenters. The molecule has 2 aromatic rings. The Hall–Kier alpha value is -2.82. The maximum absolute atomic E-state index is 12.6. The van der Waals surface area contributed by atoms with Crippen LogP contribution in [0.1, 0.15) is 29.5 Å². The fourth-order valence-corrected chi connectivity index (χ4v) is 2.93. The van der Waals surface area contributed by atoms with Gasteiger partial charge in [0.2, 0.25) is 11.8 Å². The van der Waals surface area contributed by atoms with Crippen molar-refractivity contribution < 1.29 is 14.3 Å². The second-order valence-corrected chi connectivity index (χ2v) is 6.72. The van der Waals surface area contributed by atoms with Gasteiger partial charge >= 0.3 is 0 Å². The molecule has 0 bridgehead atoms. The zero-order valence-electron chi connectivity index (χ0n) is 15.2. The number of nitrogens with one attached hydrogen (secondary N) is 2. The van der Waals surface area contributed by atoms with Gasteiger partial charge in [-0.2, -0.15) is 0 Å². The molecular weight excluding hydrogens is 328 g/mol. The van der Waals surface area contributed by atoms with Crippen molar-refractivity contribution in [3.63, 3.8) is 0 Å². The molecular formula is C21H24N2O3. The quantitative estimate of drug-likeness (QED) is 0.753. The second-order valence-electron chi connectivity index (χ2n) is 6.72. The van der Waals surface area contributed by atoms with Gasteiger partial charge < -0.3 is 15.4 Å². The largest absolute Gasteiger partial charge is 0.497 e. The summed E-state index contributed by atoms with van der Waals surface area (Å²) in [6, 6.07) is 15.4. The van der Waals surface area contributed by atoms with Crippen LogP contribution < -0.4 is 15.4 Å². The first kappa shape index (κ1) is 18.0. The van der Waals surface area contributed by atoms with Crippen LogP contribution in [-0.2, 0) is 22.7 Å². The first-order chi connectivity index (χ1) is 12.5. The van der Waals surface area contributed by atoms with Gasteiger partial charge in [0.05, 0.1) is 7.11 Å². The average molecular weight is 352 g/mol. The molecule has 136 valence electrons. The number of rotatable bonds is 7. The second kappa shape index (κ2) is 7.60. The summed E-state index contributed by atoms with van der Waals surface area (Å²) in [6.45, 7) is 2.85. The SMILES string of the molecule is COc1ccc(CNC(=O)C2(C(=O)NCc3ccccc3C)CC2)cc1. The summed E-state index contributed by atoms with van der Waals surface area (Å²) in [6.07, 6.45) is 1.20. The van der Waals surface area contributed by atoms with Gasteiger partial charge in [0.15, 0.2) is 0 Å². The fraction of sp³-hybridized carbons (Fsp3) is 0.333. The number of aryl methyl sites for hydroxylation is 1. The van der Waals surface area contributed by atoms with E-state index in [4.69, 9.17) is 4.74 Å². The first-order valence-corrected chi connectivity index (χ1v) is 8.79. The van der Waals surface area contributed by atoms with Gasteiger partial charge in [0, 0.05) is 13.1 Å². The van der Waals surface area contributed by atoms with Crippen LogP contribution in [0.15, 0.2) is 48.5 Å². The molecule has 2 aromatic carbocycles. The van der Waals surface area contributed by atoms with Gasteiger partial charge in [-0.15, -0.1) is 0 Å². The minimum absolute atomic E-state index is 0.187. The van der Waals surface area contributed by atoms with Crippen molar-refractivity contribution in [2.75, 3.05) is 7.11 Å². The molecule has 1 fully saturated rings. The lowest BCUT2D eigenvalue weighted by atomic mass is 10.0. The van der Waals surface area contributed by atoms with Crippen LogP contribution in [0.4, 0.5) is 0 Å². The van der Waals surface area contributed by atoms with Gasteiger partial charge in [-0.25, -0.2) is 0 Å². The van der Waals surface area contributed by atoms with Crippen molar-refractivity contribution >= 4 is 11.8 Å². The highest BCUT2D eigenvalue weighted by atomic mass is 16.5. The number of benzene rings is 2. The monoisotopic (exact) mass is 352 g/mol. The Bertz CT molecular complexity index is 795. The van der Waals surface area contributed by atoms with E-state index >= 15 is 0 Å². The predicted molar refractivity (Wildman–Crippen MR) is 99.5 cm³/mol. The van der Waals surface area contributed by atoms with Crippen molar-refractivity contribution in [3.8, 4) is 5.75 Å². The van der Waals surface area contributed by atoms with E-state index in [2.05, 4.69) is 10.6 Å². The highest BCUT2D eigenvalue weighted by molar-refractivity contribution is 6.07. The molecule has 5 heteroatoms. The Labute approximate surface area is 153 Å². The number of carbonyl (C=O) groups is 2. The number of ether oxygens (including phenoxy) is 1. The van der Waals surface area contributed by atoms with Gasteiger partial charge in [0.1, 0.15) is 11.2 Å². The number of hydrogen-bond donors (Lipinski definition) is 2. The Morgan fingerprint density at radius 2 is 1.58 bits per heavy atom. The number of amides is 2. The summed E-state index contributed by atoms with van der Waals surface area (Å²) < 4.78 is 5.12. The Balaban J connectivity index is 1.54. The molecule has 5 nitrogen and oxygen atoms in total. The van der Waals surface area contributed by atoms with Crippen molar-refractivity contribution in [2.24, 2.45) is 5.41 Å². The summed E-state index contributed by atoms with van der Waals surface area (Å²) in [5, 5.41) is 5.81. The van der Waals surface area contributed by atoms with Gasteiger partial charge in [-0.05, 0) is 48.6 Å². The Morgan fingerprint density at radius 3 is 2.15 bits per heavy atom. The van der Waals surface area contributed by atoms with Crippen LogP contribution in [0.3, 0.4) is 0 Å². The van der Waals surface area contributed by atoms with Crippen LogP contribution in [0.25, 0.3) is 0 Å². The van der Waals surface area contributed by atoms with Crippen LogP contribution in [0.2, 0.25) is 0 Å². The molecule has 2 amide bonds. The average Bonchev–Trinajstić information content (AvgIpc) is 3.48. The molecule has 1 saturated carbocycles. The van der Waals surface area contributed by atoms with E-state index in [0.29, 0.717) is 25.9 Å². The number of carbonyl (C=O) groups excluding carboxylic acids is 2. The normalized spacial score (nSPS) is 14.4. The minimum Gasteiger partial charge on any atom is -0.497 e. The molecule has 0 aliphatic heterocycles. The molecule has 0 atom stereocenters. The summed E-state index contributed by atoms with van der Waals surface area (Å²) >= 11 is 0. The van der Waals surface area contributed by atoms with Gasteiger partial charge in [-0.1, -0.05) is 36.4 Å². The highest BCUT2D eigenvalue weighted by Gasteiger charge is 2.56. The molecule has 0 saturated heterocycles. The summed E-state index contributed by atoms with van der Waals surface area (Å²) in [5.41, 5.74) is 2.25. The molecule has 0 spiro atoms. The van der Waals surface area contributed by atoms with E-state index in [-0.39, 0.29) is 11.8 Å². The van der Waals surface area contributed by atoms with Crippen LogP contribution in [0, 0.1) is 12.3 Å². The maximum Gasteiger partial charge on any atom is 0.235 e. The van der Waals surface area contributed by atoms with E-state index in [1.807, 2.05) is 55.5 Å². The van der Waals surface area contributed by atoms with Crippen molar-refractivity contribution in [2.45, 2.75) is 32.9 Å². The van der Waals surface area contributed by atoms with Crippen molar-refractivity contribution in [3.05, 3.63) is 65.2 Å². The Morgan fingerprint density at radius 1 is 0.962 bits per heavy atom. The van der Waals surface area contributed by atoms with Crippen molar-refractivity contribution in [1.82, 2.24) is 10.6 Å². The zero-order valence-corrected chi connectivity index (χ0v) is 15.2. The number of methoxy groups -OCH3 is 1. The lowest BCUT2D eigenvalue weighted by Gasteiger charge is -2.16. The number of hydrogen-bond acceptors (Lipinski definition) is 3. The van der Waals surface area contributed by atoms with Crippen LogP contribution >= 0.6 is 0 Å². The highest BCUT2D eigenvalue weighted by Crippen LogP contribution is 2.46. The zero-order chi connectivity index (χ0) is 18.6. The Kier molecular flexibility index (Phi) is 5.26. The third kappa shape index (κ3) is 3.87. The fourth-order valence-electron chi connectivity index (χ4n) is 2.93. The predicted octanol–water partition coefficient (Wildman–Crippen LogP) is 2.72. The minimum atomic E-state index is -0.908. The lowest BCUT2D eigenvalue weighted by Crippen LogP contribution is -2.42. The van der Waals surface area contributed by atoms with E-state index in [1.54, 1.807) is 7.11 Å². The first-order valence-electron chi connectivity index (χ1n) is 8.79. The molecule has 0 radical (unpaired) electrons. The molecule has 0 heterocycles. The molecule has 2 N–H and O–H groups in total. The van der Waals surface area contributed by atoms with Crippen LogP contribution in [0.5, 0.6) is 5.75 Å². The van der Waals surface area contributed by atoms with Gasteiger partial charge in [0.25, 0.3) is 0 Å².